The van der Waals surface area contributed by atoms with Gasteiger partial charge in [0.25, 0.3) is 5.91 Å². The second-order valence-electron chi connectivity index (χ2n) is 6.71. The number of carbonyl (C=O) groups excluding carboxylic acids is 1. The average molecular weight is 437 g/mol. The zero-order chi connectivity index (χ0) is 19.7. The summed E-state index contributed by atoms with van der Waals surface area (Å²) in [5, 5.41) is 2.62. The molecule has 0 spiro atoms. The largest absolute Gasteiger partial charge is 0.377 e. The molecule has 2 atom stereocenters. The topological polar surface area (TPSA) is 119 Å². The van der Waals surface area contributed by atoms with Gasteiger partial charge in [0.1, 0.15) is 4.90 Å². The van der Waals surface area contributed by atoms with Crippen LogP contribution in [0.25, 0.3) is 0 Å². The normalized spacial score (nSPS) is 24.8. The Hall–Kier alpha value is -1.20. The molecule has 0 aliphatic carbocycles. The Labute approximate surface area is 163 Å². The van der Waals surface area contributed by atoms with Crippen molar-refractivity contribution in [3.8, 4) is 0 Å². The van der Waals surface area contributed by atoms with Crippen LogP contribution < -0.4 is 10.0 Å². The van der Waals surface area contributed by atoms with Crippen LogP contribution in [0.5, 0.6) is 0 Å². The van der Waals surface area contributed by atoms with E-state index in [0.717, 1.165) is 12.8 Å². The van der Waals surface area contributed by atoms with E-state index in [9.17, 15) is 21.6 Å². The molecule has 1 aromatic carbocycles. The summed E-state index contributed by atoms with van der Waals surface area (Å²) in [5.41, 5.74) is 0.0983. The molecule has 2 fully saturated rings. The van der Waals surface area contributed by atoms with Gasteiger partial charge in [-0.15, -0.1) is 0 Å². The van der Waals surface area contributed by atoms with E-state index in [1.165, 1.54) is 18.2 Å². The number of sulfone groups is 1. The number of nitrogens with one attached hydrogen (secondary N) is 2. The predicted octanol–water partition coefficient (Wildman–Crippen LogP) is 0.714. The van der Waals surface area contributed by atoms with Crippen molar-refractivity contribution in [1.82, 2.24) is 10.0 Å². The van der Waals surface area contributed by atoms with Crippen molar-refractivity contribution in [3.05, 3.63) is 28.8 Å². The van der Waals surface area contributed by atoms with Crippen molar-refractivity contribution in [2.45, 2.75) is 36.3 Å². The van der Waals surface area contributed by atoms with Crippen molar-refractivity contribution in [1.29, 1.82) is 0 Å². The number of carbonyl (C=O) groups is 1. The molecule has 27 heavy (non-hydrogen) atoms. The zero-order valence-corrected chi connectivity index (χ0v) is 16.9. The van der Waals surface area contributed by atoms with Crippen LogP contribution in [0, 0.1) is 0 Å². The molecule has 2 saturated heterocycles. The molecule has 2 aliphatic heterocycles. The predicted molar refractivity (Wildman–Crippen MR) is 100 cm³/mol. The molecule has 2 heterocycles. The minimum atomic E-state index is -3.92. The molecule has 1 aromatic rings. The second kappa shape index (κ2) is 8.04. The molecular weight excluding hydrogens is 416 g/mol. The summed E-state index contributed by atoms with van der Waals surface area (Å²) in [6, 6.07) is 3.46. The molecule has 0 radical (unpaired) electrons. The van der Waals surface area contributed by atoms with Crippen molar-refractivity contribution >= 4 is 37.4 Å². The maximum absolute atomic E-state index is 12.6. The molecular formula is C16H21ClN2O6S2. The van der Waals surface area contributed by atoms with Crippen LogP contribution in [-0.2, 0) is 24.6 Å². The lowest BCUT2D eigenvalue weighted by Gasteiger charge is -2.14. The van der Waals surface area contributed by atoms with Gasteiger partial charge in [0.2, 0.25) is 10.0 Å². The lowest BCUT2D eigenvalue weighted by Crippen LogP contribution is -2.36. The van der Waals surface area contributed by atoms with Gasteiger partial charge in [0, 0.05) is 24.8 Å². The second-order valence-corrected chi connectivity index (χ2v) is 11.1. The lowest BCUT2D eigenvalue weighted by molar-refractivity contribution is 0.0941. The van der Waals surface area contributed by atoms with Gasteiger partial charge in [-0.25, -0.2) is 21.6 Å². The minimum Gasteiger partial charge on any atom is -0.377 e. The lowest BCUT2D eigenvalue weighted by atomic mass is 10.2. The first-order valence-electron chi connectivity index (χ1n) is 8.58. The number of hydrogen-bond donors (Lipinski definition) is 2. The van der Waals surface area contributed by atoms with E-state index in [1.807, 2.05) is 0 Å². The van der Waals surface area contributed by atoms with E-state index >= 15 is 0 Å². The van der Waals surface area contributed by atoms with Crippen LogP contribution in [0.2, 0.25) is 5.02 Å². The number of sulfonamides is 1. The van der Waals surface area contributed by atoms with E-state index < -0.39 is 31.8 Å². The third-order valence-corrected chi connectivity index (χ3v) is 8.25. The molecule has 0 aromatic heterocycles. The molecule has 3 rings (SSSR count). The quantitative estimate of drug-likeness (QED) is 0.678. The fraction of sp³-hybridized carbons (Fsp3) is 0.562. The molecule has 0 bridgehead atoms. The first-order valence-corrected chi connectivity index (χ1v) is 12.3. The molecule has 2 N–H and O–H groups in total. The van der Waals surface area contributed by atoms with Crippen LogP contribution >= 0.6 is 11.6 Å². The Kier molecular flexibility index (Phi) is 6.11. The van der Waals surface area contributed by atoms with Gasteiger partial charge in [-0.3, -0.25) is 4.79 Å². The Morgan fingerprint density at radius 3 is 2.70 bits per heavy atom. The Bertz CT molecular complexity index is 926. The maximum atomic E-state index is 12.6. The molecule has 1 amide bonds. The first-order chi connectivity index (χ1) is 12.7. The molecule has 11 heteroatoms. The van der Waals surface area contributed by atoms with Crippen molar-refractivity contribution in [3.63, 3.8) is 0 Å². The van der Waals surface area contributed by atoms with Gasteiger partial charge in [-0.05, 0) is 37.5 Å². The monoisotopic (exact) mass is 436 g/mol. The molecule has 8 nitrogen and oxygen atoms in total. The summed E-state index contributed by atoms with van der Waals surface area (Å²) < 4.78 is 56.0. The van der Waals surface area contributed by atoms with E-state index in [2.05, 4.69) is 10.0 Å². The summed E-state index contributed by atoms with van der Waals surface area (Å²) in [6.45, 7) is 0.745. The van der Waals surface area contributed by atoms with Gasteiger partial charge >= 0.3 is 0 Å². The number of ether oxygens (including phenoxy) is 1. The maximum Gasteiger partial charge on any atom is 0.251 e. The molecule has 2 aliphatic rings. The van der Waals surface area contributed by atoms with Gasteiger partial charge in [0.15, 0.2) is 9.84 Å². The van der Waals surface area contributed by atoms with Crippen LogP contribution in [0.3, 0.4) is 0 Å². The number of benzene rings is 1. The third-order valence-electron chi connectivity index (χ3n) is 4.58. The SMILES string of the molecule is O=C(N[C@@H]1CCS(=O)(=O)C1)c1ccc(Cl)c(S(=O)(=O)NC[C@@H]2CCCO2)c1. The summed E-state index contributed by atoms with van der Waals surface area (Å²) >= 11 is 6.03. The van der Waals surface area contributed by atoms with Gasteiger partial charge < -0.3 is 10.1 Å². The summed E-state index contributed by atoms with van der Waals surface area (Å²) in [5.74, 6) is -0.615. The van der Waals surface area contributed by atoms with E-state index in [-0.39, 0.29) is 39.6 Å². The van der Waals surface area contributed by atoms with Crippen molar-refractivity contribution in [2.24, 2.45) is 0 Å². The average Bonchev–Trinajstić information content (AvgIpc) is 3.22. The standard InChI is InChI=1S/C16H21ClN2O6S2/c17-14-4-3-11(16(20)19-12-5-7-26(21,22)10-12)8-15(14)27(23,24)18-9-13-2-1-6-25-13/h3-4,8,12-13,18H,1-2,5-7,9-10H2,(H,19,20)/t12-,13+/m1/s1. The highest BCUT2D eigenvalue weighted by Gasteiger charge is 2.30. The number of amides is 1. The first kappa shape index (κ1) is 20.5. The van der Waals surface area contributed by atoms with Crippen LogP contribution in [-0.4, -0.2) is 59.5 Å². The molecule has 0 saturated carbocycles. The third kappa shape index (κ3) is 5.20. The highest BCUT2D eigenvalue weighted by Crippen LogP contribution is 2.23. The zero-order valence-electron chi connectivity index (χ0n) is 14.5. The molecule has 150 valence electrons. The van der Waals surface area contributed by atoms with Crippen LogP contribution in [0.15, 0.2) is 23.1 Å². The molecule has 0 unspecified atom stereocenters. The van der Waals surface area contributed by atoms with E-state index in [1.54, 1.807) is 0 Å². The van der Waals surface area contributed by atoms with E-state index in [4.69, 9.17) is 16.3 Å². The number of hydrogen-bond acceptors (Lipinski definition) is 6. The Morgan fingerprint density at radius 1 is 1.30 bits per heavy atom. The summed E-state index contributed by atoms with van der Waals surface area (Å²) in [7, 11) is -7.05. The fourth-order valence-corrected chi connectivity index (χ4v) is 6.38. The highest BCUT2D eigenvalue weighted by molar-refractivity contribution is 7.91. The smallest absolute Gasteiger partial charge is 0.251 e. The highest BCUT2D eigenvalue weighted by atomic mass is 35.5. The fourth-order valence-electron chi connectivity index (χ4n) is 3.11. The Morgan fingerprint density at radius 2 is 2.07 bits per heavy atom. The number of rotatable bonds is 6. The van der Waals surface area contributed by atoms with Gasteiger partial charge in [-0.2, -0.15) is 0 Å². The van der Waals surface area contributed by atoms with Gasteiger partial charge in [0.05, 0.1) is 22.6 Å². The number of halogens is 1. The van der Waals surface area contributed by atoms with Gasteiger partial charge in [-0.1, -0.05) is 11.6 Å². The van der Waals surface area contributed by atoms with Crippen molar-refractivity contribution in [2.75, 3.05) is 24.7 Å². The summed E-state index contributed by atoms with van der Waals surface area (Å²) in [4.78, 5) is 12.2. The van der Waals surface area contributed by atoms with Crippen molar-refractivity contribution < 1.29 is 26.4 Å². The van der Waals surface area contributed by atoms with Crippen LogP contribution in [0.4, 0.5) is 0 Å². The Balaban J connectivity index is 1.72. The minimum absolute atomic E-state index is 0.00478. The summed E-state index contributed by atoms with van der Waals surface area (Å²) in [6.07, 6.45) is 1.84. The van der Waals surface area contributed by atoms with E-state index in [0.29, 0.717) is 13.0 Å². The van der Waals surface area contributed by atoms with Crippen LogP contribution in [0.1, 0.15) is 29.6 Å².